The van der Waals surface area contributed by atoms with Gasteiger partial charge in [-0.05, 0) is 25.0 Å². The molecule has 1 aromatic rings. The number of hydrogen-bond donors (Lipinski definition) is 2. The number of likely N-dealkylation sites (tertiary alicyclic amines) is 1. The molecule has 1 amide bonds. The van der Waals surface area contributed by atoms with Crippen molar-refractivity contribution in [1.29, 1.82) is 0 Å². The monoisotopic (exact) mass is 294 g/mol. The molecule has 2 N–H and O–H groups in total. The fourth-order valence-electron chi connectivity index (χ4n) is 2.34. The van der Waals surface area contributed by atoms with E-state index in [1.807, 2.05) is 0 Å². The van der Waals surface area contributed by atoms with Gasteiger partial charge >= 0.3 is 5.97 Å². The number of carboxylic acids is 1. The standard InChI is InChI=1S/C14H18N2O5/c17-8-9-21-10-3-6-16(7-4-10)13(18)12-11(14(19)20)2-1-5-15-12/h1-2,5,10,17H,3-4,6-9H2,(H,19,20). The highest BCUT2D eigenvalue weighted by Gasteiger charge is 2.27. The second-order valence-electron chi connectivity index (χ2n) is 4.79. The second kappa shape index (κ2) is 7.14. The lowest BCUT2D eigenvalue weighted by Gasteiger charge is -2.31. The molecule has 0 aromatic carbocycles. The van der Waals surface area contributed by atoms with E-state index in [-0.39, 0.29) is 29.9 Å². The molecule has 1 aliphatic rings. The lowest BCUT2D eigenvalue weighted by Crippen LogP contribution is -2.41. The van der Waals surface area contributed by atoms with Crippen LogP contribution < -0.4 is 0 Å². The van der Waals surface area contributed by atoms with Gasteiger partial charge in [0.2, 0.25) is 0 Å². The van der Waals surface area contributed by atoms with Gasteiger partial charge in [-0.1, -0.05) is 0 Å². The number of rotatable bonds is 5. The second-order valence-corrected chi connectivity index (χ2v) is 4.79. The third kappa shape index (κ3) is 3.77. The van der Waals surface area contributed by atoms with Crippen molar-refractivity contribution in [3.63, 3.8) is 0 Å². The summed E-state index contributed by atoms with van der Waals surface area (Å²) >= 11 is 0. The average Bonchev–Trinajstić information content (AvgIpc) is 2.52. The van der Waals surface area contributed by atoms with Gasteiger partial charge in [0.25, 0.3) is 5.91 Å². The molecular weight excluding hydrogens is 276 g/mol. The number of hydrogen-bond acceptors (Lipinski definition) is 5. The van der Waals surface area contributed by atoms with Crippen LogP contribution in [0.3, 0.4) is 0 Å². The minimum absolute atomic E-state index is 0.0188. The quantitative estimate of drug-likeness (QED) is 0.815. The third-order valence-corrected chi connectivity index (χ3v) is 3.41. The Hall–Kier alpha value is -1.99. The van der Waals surface area contributed by atoms with Crippen molar-refractivity contribution in [2.24, 2.45) is 0 Å². The van der Waals surface area contributed by atoms with Crippen LogP contribution in [-0.4, -0.2) is 64.4 Å². The Kier molecular flexibility index (Phi) is 5.24. The molecule has 0 atom stereocenters. The van der Waals surface area contributed by atoms with Gasteiger partial charge < -0.3 is 19.8 Å². The van der Waals surface area contributed by atoms with Crippen molar-refractivity contribution in [2.45, 2.75) is 18.9 Å². The van der Waals surface area contributed by atoms with E-state index < -0.39 is 5.97 Å². The van der Waals surface area contributed by atoms with Crippen LogP contribution in [0, 0.1) is 0 Å². The van der Waals surface area contributed by atoms with Crippen LogP contribution in [0.5, 0.6) is 0 Å². The molecule has 0 unspecified atom stereocenters. The number of amides is 1. The van der Waals surface area contributed by atoms with Gasteiger partial charge in [-0.15, -0.1) is 0 Å². The number of carbonyl (C=O) groups is 2. The smallest absolute Gasteiger partial charge is 0.338 e. The summed E-state index contributed by atoms with van der Waals surface area (Å²) < 4.78 is 5.43. The molecule has 0 radical (unpaired) electrons. The van der Waals surface area contributed by atoms with Gasteiger partial charge in [0.05, 0.1) is 24.9 Å². The Morgan fingerprint density at radius 2 is 2.10 bits per heavy atom. The fraction of sp³-hybridized carbons (Fsp3) is 0.500. The van der Waals surface area contributed by atoms with E-state index in [1.165, 1.54) is 18.3 Å². The SMILES string of the molecule is O=C(O)c1cccnc1C(=O)N1CCC(OCCO)CC1. The summed E-state index contributed by atoms with van der Waals surface area (Å²) in [5.74, 6) is -1.53. The van der Waals surface area contributed by atoms with Crippen LogP contribution in [0.4, 0.5) is 0 Å². The Labute approximate surface area is 122 Å². The number of carboxylic acid groups (broad SMARTS) is 1. The largest absolute Gasteiger partial charge is 0.478 e. The Balaban J connectivity index is 2.01. The molecule has 7 heteroatoms. The van der Waals surface area contributed by atoms with Crippen LogP contribution in [0.15, 0.2) is 18.3 Å². The summed E-state index contributed by atoms with van der Waals surface area (Å²) in [5.41, 5.74) is -0.110. The molecule has 114 valence electrons. The number of ether oxygens (including phenoxy) is 1. The maximum Gasteiger partial charge on any atom is 0.338 e. The molecule has 2 heterocycles. The van der Waals surface area contributed by atoms with E-state index in [2.05, 4.69) is 4.98 Å². The van der Waals surface area contributed by atoms with Gasteiger partial charge in [0.15, 0.2) is 0 Å². The Morgan fingerprint density at radius 3 is 2.71 bits per heavy atom. The van der Waals surface area contributed by atoms with Gasteiger partial charge in [-0.3, -0.25) is 9.78 Å². The van der Waals surface area contributed by atoms with Crippen LogP contribution in [-0.2, 0) is 4.74 Å². The zero-order valence-electron chi connectivity index (χ0n) is 11.6. The van der Waals surface area contributed by atoms with Crippen molar-refractivity contribution in [3.8, 4) is 0 Å². The molecule has 0 aliphatic carbocycles. The lowest BCUT2D eigenvalue weighted by atomic mass is 10.1. The van der Waals surface area contributed by atoms with Gasteiger partial charge in [-0.25, -0.2) is 4.79 Å². The predicted molar refractivity (Wildman–Crippen MR) is 73.2 cm³/mol. The highest BCUT2D eigenvalue weighted by molar-refractivity contribution is 6.03. The van der Waals surface area contributed by atoms with E-state index in [0.29, 0.717) is 32.5 Å². The zero-order chi connectivity index (χ0) is 15.2. The predicted octanol–water partition coefficient (Wildman–Crippen LogP) is 0.393. The Morgan fingerprint density at radius 1 is 1.38 bits per heavy atom. The number of nitrogens with zero attached hydrogens (tertiary/aromatic N) is 2. The summed E-state index contributed by atoms with van der Waals surface area (Å²) in [6.45, 7) is 1.26. The number of carbonyl (C=O) groups excluding carboxylic acids is 1. The molecule has 1 saturated heterocycles. The number of aromatic carboxylic acids is 1. The molecule has 1 fully saturated rings. The molecule has 2 rings (SSSR count). The fourth-order valence-corrected chi connectivity index (χ4v) is 2.34. The minimum atomic E-state index is -1.16. The first kappa shape index (κ1) is 15.4. The van der Waals surface area contributed by atoms with Crippen LogP contribution in [0.25, 0.3) is 0 Å². The number of piperidine rings is 1. The molecule has 0 bridgehead atoms. The first-order chi connectivity index (χ1) is 10.1. The first-order valence-corrected chi connectivity index (χ1v) is 6.83. The van der Waals surface area contributed by atoms with Gasteiger partial charge in [-0.2, -0.15) is 0 Å². The van der Waals surface area contributed by atoms with E-state index in [1.54, 1.807) is 4.90 Å². The molecule has 21 heavy (non-hydrogen) atoms. The highest BCUT2D eigenvalue weighted by atomic mass is 16.5. The highest BCUT2D eigenvalue weighted by Crippen LogP contribution is 2.17. The van der Waals surface area contributed by atoms with Crippen LogP contribution >= 0.6 is 0 Å². The van der Waals surface area contributed by atoms with Crippen LogP contribution in [0.1, 0.15) is 33.7 Å². The van der Waals surface area contributed by atoms with E-state index in [0.717, 1.165) is 0 Å². The summed E-state index contributed by atoms with van der Waals surface area (Å²) in [5, 5.41) is 17.8. The van der Waals surface area contributed by atoms with E-state index >= 15 is 0 Å². The normalized spacial score (nSPS) is 16.0. The summed E-state index contributed by atoms with van der Waals surface area (Å²) in [6, 6.07) is 2.87. The van der Waals surface area contributed by atoms with Crippen molar-refractivity contribution < 1.29 is 24.5 Å². The van der Waals surface area contributed by atoms with Crippen molar-refractivity contribution in [3.05, 3.63) is 29.6 Å². The summed E-state index contributed by atoms with van der Waals surface area (Å²) in [6.07, 6.45) is 2.78. The molecule has 1 aromatic heterocycles. The molecule has 0 spiro atoms. The average molecular weight is 294 g/mol. The van der Waals surface area contributed by atoms with Gasteiger partial charge in [0.1, 0.15) is 5.69 Å². The van der Waals surface area contributed by atoms with Crippen molar-refractivity contribution >= 4 is 11.9 Å². The molecular formula is C14H18N2O5. The van der Waals surface area contributed by atoms with Crippen LogP contribution in [0.2, 0.25) is 0 Å². The van der Waals surface area contributed by atoms with E-state index in [9.17, 15) is 9.59 Å². The molecule has 1 aliphatic heterocycles. The number of pyridine rings is 1. The van der Waals surface area contributed by atoms with Crippen molar-refractivity contribution in [1.82, 2.24) is 9.88 Å². The third-order valence-electron chi connectivity index (χ3n) is 3.41. The maximum absolute atomic E-state index is 12.4. The maximum atomic E-state index is 12.4. The number of aromatic nitrogens is 1. The summed E-state index contributed by atoms with van der Waals surface area (Å²) in [4.78, 5) is 29.0. The summed E-state index contributed by atoms with van der Waals surface area (Å²) in [7, 11) is 0. The van der Waals surface area contributed by atoms with E-state index in [4.69, 9.17) is 14.9 Å². The number of aliphatic hydroxyl groups is 1. The van der Waals surface area contributed by atoms with Gasteiger partial charge in [0, 0.05) is 19.3 Å². The minimum Gasteiger partial charge on any atom is -0.478 e. The molecule has 7 nitrogen and oxygen atoms in total. The van der Waals surface area contributed by atoms with Crippen molar-refractivity contribution in [2.75, 3.05) is 26.3 Å². The first-order valence-electron chi connectivity index (χ1n) is 6.83. The lowest BCUT2D eigenvalue weighted by molar-refractivity contribution is -0.00570. The Bertz CT molecular complexity index is 512. The zero-order valence-corrected chi connectivity index (χ0v) is 11.6. The number of aliphatic hydroxyl groups excluding tert-OH is 1. The topological polar surface area (TPSA) is 100.0 Å². The molecule has 0 saturated carbocycles.